The number of hydrogen-bond donors (Lipinski definition) is 1. The predicted octanol–water partition coefficient (Wildman–Crippen LogP) is 3.87. The lowest BCUT2D eigenvalue weighted by molar-refractivity contribution is 0.0808. The van der Waals surface area contributed by atoms with E-state index in [0.29, 0.717) is 6.61 Å². The van der Waals surface area contributed by atoms with E-state index in [2.05, 4.69) is 17.0 Å². The van der Waals surface area contributed by atoms with Crippen LogP contribution in [0.3, 0.4) is 0 Å². The van der Waals surface area contributed by atoms with Gasteiger partial charge < -0.3 is 9.84 Å². The Kier molecular flexibility index (Phi) is 7.33. The Bertz CT molecular complexity index is 747. The van der Waals surface area contributed by atoms with Crippen LogP contribution in [0, 0.1) is 5.92 Å². The molecule has 0 radical (unpaired) electrons. The second-order valence-electron chi connectivity index (χ2n) is 6.85. The average molecular weight is 386 g/mol. The molecule has 1 heterocycles. The first kappa shape index (κ1) is 19.9. The Labute approximate surface area is 165 Å². The van der Waals surface area contributed by atoms with E-state index in [1.165, 1.54) is 5.56 Å². The number of ether oxygens (including phenoxy) is 1. The Hall–Kier alpha value is -1.82. The Morgan fingerprint density at radius 1 is 1.22 bits per heavy atom. The van der Waals surface area contributed by atoms with Crippen molar-refractivity contribution in [1.29, 1.82) is 0 Å². The monoisotopic (exact) mass is 385 g/mol. The number of aliphatic hydroxyl groups excluding tert-OH is 1. The number of ketones is 1. The molecule has 1 atom stereocenters. The standard InChI is InChI=1S/C22H27NO3S/c1-27-21-7-3-2-6-20(21)22(25)18-5-4-12-23(16-18)15-17-8-10-19(11-9-17)26-14-13-24/h2-3,6-11,18,24H,4-5,12-16H2,1H3/t18-/m0/s1. The van der Waals surface area contributed by atoms with Crippen LogP contribution < -0.4 is 4.74 Å². The molecule has 3 rings (SSSR count). The Balaban J connectivity index is 1.61. The molecule has 1 aliphatic rings. The quantitative estimate of drug-likeness (QED) is 0.552. The highest BCUT2D eigenvalue weighted by atomic mass is 32.2. The van der Waals surface area contributed by atoms with Gasteiger partial charge in [-0.1, -0.05) is 30.3 Å². The van der Waals surface area contributed by atoms with Gasteiger partial charge >= 0.3 is 0 Å². The Morgan fingerprint density at radius 2 is 2.00 bits per heavy atom. The molecule has 2 aromatic rings. The molecule has 5 heteroatoms. The number of thioether (sulfide) groups is 1. The fourth-order valence-corrected chi connectivity index (χ4v) is 4.20. The second kappa shape index (κ2) is 9.93. The summed E-state index contributed by atoms with van der Waals surface area (Å²) in [5, 5.41) is 8.82. The molecule has 144 valence electrons. The van der Waals surface area contributed by atoms with Crippen molar-refractivity contribution in [3.63, 3.8) is 0 Å². The van der Waals surface area contributed by atoms with Crippen LogP contribution in [-0.4, -0.2) is 48.3 Å². The van der Waals surface area contributed by atoms with Gasteiger partial charge in [-0.15, -0.1) is 11.8 Å². The summed E-state index contributed by atoms with van der Waals surface area (Å²) in [5.41, 5.74) is 2.08. The van der Waals surface area contributed by atoms with Gasteiger partial charge in [0.1, 0.15) is 12.4 Å². The van der Waals surface area contributed by atoms with E-state index < -0.39 is 0 Å². The topological polar surface area (TPSA) is 49.8 Å². The number of aliphatic hydroxyl groups is 1. The molecule has 1 saturated heterocycles. The molecule has 1 aliphatic heterocycles. The maximum atomic E-state index is 13.0. The lowest BCUT2D eigenvalue weighted by Gasteiger charge is -2.32. The summed E-state index contributed by atoms with van der Waals surface area (Å²) in [7, 11) is 0. The van der Waals surface area contributed by atoms with E-state index in [-0.39, 0.29) is 18.3 Å². The zero-order chi connectivity index (χ0) is 19.1. The van der Waals surface area contributed by atoms with Crippen molar-refractivity contribution < 1.29 is 14.6 Å². The molecule has 0 bridgehead atoms. The van der Waals surface area contributed by atoms with Crippen LogP contribution in [0.15, 0.2) is 53.4 Å². The number of Topliss-reactive ketones (excluding diaryl/α,β-unsaturated/α-hetero) is 1. The summed E-state index contributed by atoms with van der Waals surface area (Å²) in [4.78, 5) is 16.5. The number of benzene rings is 2. The number of carbonyl (C=O) groups is 1. The van der Waals surface area contributed by atoms with Gasteiger partial charge in [-0.05, 0) is 49.4 Å². The van der Waals surface area contributed by atoms with Crippen molar-refractivity contribution in [2.75, 3.05) is 32.6 Å². The summed E-state index contributed by atoms with van der Waals surface area (Å²) in [5.74, 6) is 1.12. The van der Waals surface area contributed by atoms with E-state index in [0.717, 1.165) is 48.7 Å². The van der Waals surface area contributed by atoms with Crippen LogP contribution in [0.4, 0.5) is 0 Å². The van der Waals surface area contributed by atoms with Gasteiger partial charge in [-0.3, -0.25) is 9.69 Å². The number of nitrogens with zero attached hydrogens (tertiary/aromatic N) is 1. The normalized spacial score (nSPS) is 17.6. The van der Waals surface area contributed by atoms with E-state index in [9.17, 15) is 4.79 Å². The molecule has 0 aliphatic carbocycles. The van der Waals surface area contributed by atoms with E-state index in [1.54, 1.807) is 11.8 Å². The first-order valence-electron chi connectivity index (χ1n) is 9.43. The van der Waals surface area contributed by atoms with Crippen LogP contribution in [0.2, 0.25) is 0 Å². The third kappa shape index (κ3) is 5.34. The van der Waals surface area contributed by atoms with Crippen molar-refractivity contribution >= 4 is 17.5 Å². The number of hydrogen-bond acceptors (Lipinski definition) is 5. The zero-order valence-corrected chi connectivity index (χ0v) is 16.6. The zero-order valence-electron chi connectivity index (χ0n) is 15.8. The highest BCUT2D eigenvalue weighted by molar-refractivity contribution is 7.98. The first-order valence-corrected chi connectivity index (χ1v) is 10.7. The third-order valence-corrected chi connectivity index (χ3v) is 5.73. The molecule has 0 spiro atoms. The van der Waals surface area contributed by atoms with Crippen molar-refractivity contribution in [2.24, 2.45) is 5.92 Å². The van der Waals surface area contributed by atoms with Crippen molar-refractivity contribution in [3.05, 3.63) is 59.7 Å². The molecule has 27 heavy (non-hydrogen) atoms. The summed E-state index contributed by atoms with van der Waals surface area (Å²) in [6, 6.07) is 15.9. The smallest absolute Gasteiger partial charge is 0.168 e. The average Bonchev–Trinajstić information content (AvgIpc) is 2.73. The van der Waals surface area contributed by atoms with Crippen LogP contribution in [0.1, 0.15) is 28.8 Å². The van der Waals surface area contributed by atoms with Gasteiger partial charge in [0.2, 0.25) is 0 Å². The van der Waals surface area contributed by atoms with Crippen molar-refractivity contribution in [2.45, 2.75) is 24.3 Å². The number of piperidine rings is 1. The maximum absolute atomic E-state index is 13.0. The summed E-state index contributed by atoms with van der Waals surface area (Å²) >= 11 is 1.64. The Morgan fingerprint density at radius 3 is 2.74 bits per heavy atom. The number of likely N-dealkylation sites (tertiary alicyclic amines) is 1. The predicted molar refractivity (Wildman–Crippen MR) is 110 cm³/mol. The van der Waals surface area contributed by atoms with Gasteiger partial charge in [0, 0.05) is 29.5 Å². The van der Waals surface area contributed by atoms with Crippen LogP contribution >= 0.6 is 11.8 Å². The fourth-order valence-electron chi connectivity index (χ4n) is 3.59. The summed E-state index contributed by atoms with van der Waals surface area (Å²) in [6.07, 6.45) is 4.04. The molecule has 0 saturated carbocycles. The summed E-state index contributed by atoms with van der Waals surface area (Å²) in [6.45, 7) is 3.01. The van der Waals surface area contributed by atoms with E-state index in [4.69, 9.17) is 9.84 Å². The molecule has 2 aromatic carbocycles. The van der Waals surface area contributed by atoms with Crippen LogP contribution in [0.5, 0.6) is 5.75 Å². The molecule has 0 amide bonds. The molecule has 1 fully saturated rings. The highest BCUT2D eigenvalue weighted by Crippen LogP contribution is 2.27. The van der Waals surface area contributed by atoms with Gasteiger partial charge in [-0.25, -0.2) is 0 Å². The van der Waals surface area contributed by atoms with E-state index >= 15 is 0 Å². The largest absolute Gasteiger partial charge is 0.491 e. The minimum Gasteiger partial charge on any atom is -0.491 e. The minimum absolute atomic E-state index is 0.0185. The lowest BCUT2D eigenvalue weighted by Crippen LogP contribution is -2.38. The molecule has 4 nitrogen and oxygen atoms in total. The minimum atomic E-state index is 0.0185. The fraction of sp³-hybridized carbons (Fsp3) is 0.409. The molecule has 1 N–H and O–H groups in total. The van der Waals surface area contributed by atoms with Gasteiger partial charge in [0.25, 0.3) is 0 Å². The molecule has 0 aromatic heterocycles. The highest BCUT2D eigenvalue weighted by Gasteiger charge is 2.27. The van der Waals surface area contributed by atoms with Crippen molar-refractivity contribution in [1.82, 2.24) is 4.90 Å². The molecular formula is C22H27NO3S. The lowest BCUT2D eigenvalue weighted by atomic mass is 9.89. The van der Waals surface area contributed by atoms with Gasteiger partial charge in [-0.2, -0.15) is 0 Å². The first-order chi connectivity index (χ1) is 13.2. The van der Waals surface area contributed by atoms with Crippen LogP contribution in [-0.2, 0) is 6.54 Å². The second-order valence-corrected chi connectivity index (χ2v) is 7.70. The molecule has 0 unspecified atom stereocenters. The summed E-state index contributed by atoms with van der Waals surface area (Å²) < 4.78 is 5.41. The maximum Gasteiger partial charge on any atom is 0.168 e. The number of carbonyl (C=O) groups excluding carboxylic acids is 1. The van der Waals surface area contributed by atoms with E-state index in [1.807, 2.05) is 42.7 Å². The number of rotatable bonds is 8. The third-order valence-electron chi connectivity index (χ3n) is 4.94. The van der Waals surface area contributed by atoms with Gasteiger partial charge in [0.15, 0.2) is 5.78 Å². The SMILES string of the molecule is CSc1ccccc1C(=O)[C@H]1CCCN(Cc2ccc(OCCO)cc2)C1. The van der Waals surface area contributed by atoms with Gasteiger partial charge in [0.05, 0.1) is 6.61 Å². The van der Waals surface area contributed by atoms with Crippen molar-refractivity contribution in [3.8, 4) is 5.75 Å². The van der Waals surface area contributed by atoms with Crippen LogP contribution in [0.25, 0.3) is 0 Å². The molecular weight excluding hydrogens is 358 g/mol.